The minimum absolute atomic E-state index is 0.153. The normalized spacial score (nSPS) is 10.5. The van der Waals surface area contributed by atoms with Crippen LogP contribution in [0.5, 0.6) is 0 Å². The van der Waals surface area contributed by atoms with Crippen molar-refractivity contribution < 1.29 is 14.1 Å². The van der Waals surface area contributed by atoms with Crippen LogP contribution < -0.4 is 10.9 Å². The Bertz CT molecular complexity index is 982. The number of amides is 1. The number of nitro groups is 1. The van der Waals surface area contributed by atoms with Crippen LogP contribution in [0.2, 0.25) is 0 Å². The predicted molar refractivity (Wildman–Crippen MR) is 84.5 cm³/mol. The van der Waals surface area contributed by atoms with Crippen molar-refractivity contribution in [2.75, 3.05) is 0 Å². The Morgan fingerprint density at radius 2 is 1.96 bits per heavy atom. The van der Waals surface area contributed by atoms with Gasteiger partial charge in [0.15, 0.2) is 0 Å². The average Bonchev–Trinajstić information content (AvgIpc) is 2.59. The standard InChI is InChI=1S/C16H11N3O5/c20-15(18-9-10-3-5-17-6-4-10)13-8-11-7-12(19(22)23)1-2-14(11)24-16(13)21/h1-8H,9H2,(H,18,20). The highest BCUT2D eigenvalue weighted by molar-refractivity contribution is 5.96. The minimum atomic E-state index is -0.802. The summed E-state index contributed by atoms with van der Waals surface area (Å²) in [6.45, 7) is 0.216. The number of carbonyl (C=O) groups is 1. The Labute approximate surface area is 134 Å². The fourth-order valence-electron chi connectivity index (χ4n) is 2.16. The zero-order valence-electron chi connectivity index (χ0n) is 12.3. The fourth-order valence-corrected chi connectivity index (χ4v) is 2.16. The molecule has 8 heteroatoms. The molecule has 0 aliphatic carbocycles. The van der Waals surface area contributed by atoms with Crippen LogP contribution in [0.25, 0.3) is 11.0 Å². The lowest BCUT2D eigenvalue weighted by molar-refractivity contribution is -0.384. The van der Waals surface area contributed by atoms with Crippen molar-refractivity contribution in [3.05, 3.63) is 80.5 Å². The van der Waals surface area contributed by atoms with Crippen molar-refractivity contribution in [1.29, 1.82) is 0 Å². The van der Waals surface area contributed by atoms with Crippen LogP contribution in [-0.2, 0) is 6.54 Å². The molecule has 1 aromatic carbocycles. The molecule has 3 rings (SSSR count). The number of hydrogen-bond acceptors (Lipinski definition) is 6. The average molecular weight is 325 g/mol. The summed E-state index contributed by atoms with van der Waals surface area (Å²) in [4.78, 5) is 38.2. The Morgan fingerprint density at radius 1 is 1.21 bits per heavy atom. The molecule has 0 aliphatic rings. The lowest BCUT2D eigenvalue weighted by Crippen LogP contribution is -2.27. The van der Waals surface area contributed by atoms with Gasteiger partial charge in [-0.3, -0.25) is 19.9 Å². The highest BCUT2D eigenvalue weighted by Crippen LogP contribution is 2.20. The molecule has 0 saturated heterocycles. The summed E-state index contributed by atoms with van der Waals surface area (Å²) < 4.78 is 5.05. The monoisotopic (exact) mass is 325 g/mol. The molecule has 0 atom stereocenters. The Hall–Kier alpha value is -3.55. The highest BCUT2D eigenvalue weighted by atomic mass is 16.6. The zero-order valence-corrected chi connectivity index (χ0v) is 12.3. The third-order valence-electron chi connectivity index (χ3n) is 3.37. The maximum absolute atomic E-state index is 12.2. The van der Waals surface area contributed by atoms with E-state index >= 15 is 0 Å². The van der Waals surface area contributed by atoms with E-state index in [0.717, 1.165) is 5.56 Å². The Kier molecular flexibility index (Phi) is 4.02. The van der Waals surface area contributed by atoms with Crippen molar-refractivity contribution in [3.63, 3.8) is 0 Å². The molecule has 0 unspecified atom stereocenters. The fraction of sp³-hybridized carbons (Fsp3) is 0.0625. The number of nitrogens with one attached hydrogen (secondary N) is 1. The van der Waals surface area contributed by atoms with Gasteiger partial charge in [-0.25, -0.2) is 4.79 Å². The molecule has 0 fully saturated rings. The molecule has 0 saturated carbocycles. The SMILES string of the molecule is O=C(NCc1ccncc1)c1cc2cc([N+](=O)[O-])ccc2oc1=O. The number of nitro benzene ring substituents is 1. The Morgan fingerprint density at radius 3 is 2.67 bits per heavy atom. The molecule has 0 bridgehead atoms. The van der Waals surface area contributed by atoms with Gasteiger partial charge in [-0.15, -0.1) is 0 Å². The molecular formula is C16H11N3O5. The first kappa shape index (κ1) is 15.3. The smallest absolute Gasteiger partial charge is 0.349 e. The molecule has 120 valence electrons. The number of benzene rings is 1. The minimum Gasteiger partial charge on any atom is -0.422 e. The van der Waals surface area contributed by atoms with Crippen LogP contribution in [0, 0.1) is 10.1 Å². The molecule has 3 aromatic rings. The van der Waals surface area contributed by atoms with E-state index in [-0.39, 0.29) is 23.4 Å². The number of pyridine rings is 1. The van der Waals surface area contributed by atoms with E-state index in [4.69, 9.17) is 4.42 Å². The van der Waals surface area contributed by atoms with E-state index in [1.807, 2.05) is 0 Å². The second kappa shape index (κ2) is 6.29. The van der Waals surface area contributed by atoms with Gasteiger partial charge in [0.25, 0.3) is 11.6 Å². The van der Waals surface area contributed by atoms with Crippen LogP contribution in [0.4, 0.5) is 5.69 Å². The molecule has 2 aromatic heterocycles. The van der Waals surface area contributed by atoms with Gasteiger partial charge >= 0.3 is 5.63 Å². The third-order valence-corrected chi connectivity index (χ3v) is 3.37. The number of fused-ring (bicyclic) bond motifs is 1. The van der Waals surface area contributed by atoms with E-state index in [1.54, 1.807) is 24.5 Å². The van der Waals surface area contributed by atoms with Crippen molar-refractivity contribution in [1.82, 2.24) is 10.3 Å². The molecule has 0 radical (unpaired) electrons. The molecule has 1 amide bonds. The van der Waals surface area contributed by atoms with Crippen LogP contribution >= 0.6 is 0 Å². The van der Waals surface area contributed by atoms with E-state index in [1.165, 1.54) is 24.3 Å². The van der Waals surface area contributed by atoms with Gasteiger partial charge in [-0.2, -0.15) is 0 Å². The van der Waals surface area contributed by atoms with Crippen molar-refractivity contribution >= 4 is 22.6 Å². The number of nitrogens with zero attached hydrogens (tertiary/aromatic N) is 2. The lowest BCUT2D eigenvalue weighted by atomic mass is 10.1. The summed E-state index contributed by atoms with van der Waals surface area (Å²) >= 11 is 0. The van der Waals surface area contributed by atoms with Crippen LogP contribution in [0.1, 0.15) is 15.9 Å². The number of hydrogen-bond donors (Lipinski definition) is 1. The summed E-state index contributed by atoms with van der Waals surface area (Å²) in [6.07, 6.45) is 3.18. The van der Waals surface area contributed by atoms with Gasteiger partial charge in [0.2, 0.25) is 0 Å². The molecule has 0 spiro atoms. The molecule has 1 N–H and O–H groups in total. The van der Waals surface area contributed by atoms with Crippen LogP contribution in [0.3, 0.4) is 0 Å². The molecule has 24 heavy (non-hydrogen) atoms. The first-order chi connectivity index (χ1) is 11.5. The third kappa shape index (κ3) is 3.12. The van der Waals surface area contributed by atoms with E-state index in [0.29, 0.717) is 5.39 Å². The van der Waals surface area contributed by atoms with Gasteiger partial charge in [0.1, 0.15) is 11.1 Å². The van der Waals surface area contributed by atoms with Gasteiger partial charge < -0.3 is 9.73 Å². The topological polar surface area (TPSA) is 115 Å². The second-order valence-electron chi connectivity index (χ2n) is 4.96. The number of rotatable bonds is 4. The maximum atomic E-state index is 12.2. The van der Waals surface area contributed by atoms with Crippen molar-refractivity contribution in [2.24, 2.45) is 0 Å². The van der Waals surface area contributed by atoms with Gasteiger partial charge in [-0.05, 0) is 29.8 Å². The van der Waals surface area contributed by atoms with Gasteiger partial charge in [-0.1, -0.05) is 0 Å². The van der Waals surface area contributed by atoms with Crippen LogP contribution in [0.15, 0.2) is 58.0 Å². The summed E-state index contributed by atoms with van der Waals surface area (Å²) in [7, 11) is 0. The summed E-state index contributed by atoms with van der Waals surface area (Å²) in [5.41, 5.74) is -0.171. The van der Waals surface area contributed by atoms with Crippen molar-refractivity contribution in [2.45, 2.75) is 6.54 Å². The van der Waals surface area contributed by atoms with Crippen molar-refractivity contribution in [3.8, 4) is 0 Å². The van der Waals surface area contributed by atoms with Gasteiger partial charge in [0.05, 0.1) is 4.92 Å². The number of carbonyl (C=O) groups excluding carboxylic acids is 1. The van der Waals surface area contributed by atoms with E-state index in [2.05, 4.69) is 10.3 Å². The Balaban J connectivity index is 1.90. The molecule has 0 aliphatic heterocycles. The summed E-state index contributed by atoms with van der Waals surface area (Å²) in [5.74, 6) is -0.617. The van der Waals surface area contributed by atoms with E-state index in [9.17, 15) is 19.7 Å². The first-order valence-corrected chi connectivity index (χ1v) is 6.94. The van der Waals surface area contributed by atoms with Gasteiger partial charge in [0, 0.05) is 36.5 Å². The number of non-ortho nitro benzene ring substituents is 1. The van der Waals surface area contributed by atoms with Crippen LogP contribution in [-0.4, -0.2) is 15.8 Å². The molecule has 8 nitrogen and oxygen atoms in total. The number of aromatic nitrogens is 1. The maximum Gasteiger partial charge on any atom is 0.349 e. The second-order valence-corrected chi connectivity index (χ2v) is 4.96. The largest absolute Gasteiger partial charge is 0.422 e. The first-order valence-electron chi connectivity index (χ1n) is 6.94. The highest BCUT2D eigenvalue weighted by Gasteiger charge is 2.15. The summed E-state index contributed by atoms with van der Waals surface area (Å²) in [5, 5.41) is 13.7. The predicted octanol–water partition coefficient (Wildman–Crippen LogP) is 2.03. The molecular weight excluding hydrogens is 314 g/mol. The van der Waals surface area contributed by atoms with E-state index < -0.39 is 16.5 Å². The molecule has 2 heterocycles. The lowest BCUT2D eigenvalue weighted by Gasteiger charge is -2.05. The summed E-state index contributed by atoms with van der Waals surface area (Å²) in [6, 6.07) is 8.55. The zero-order chi connectivity index (χ0) is 17.1. The quantitative estimate of drug-likeness (QED) is 0.446.